The molecule has 1 aromatic rings. The van der Waals surface area contributed by atoms with Crippen molar-refractivity contribution in [3.8, 4) is 5.75 Å². The lowest BCUT2D eigenvalue weighted by Crippen LogP contribution is -2.42. The van der Waals surface area contributed by atoms with E-state index in [9.17, 15) is 24.9 Å². The molecular formula is C14H16O5. The summed E-state index contributed by atoms with van der Waals surface area (Å²) < 4.78 is 0. The Labute approximate surface area is 110 Å². The number of carbonyl (C=O) groups is 2. The highest BCUT2D eigenvalue weighted by Gasteiger charge is 2.54. The standard InChI is InChI=1S/C14H16O5/c1-14(12(16)17,13(18)19)11(8-2-3-8)9-4-6-10(15)7-5-9/h4-8,11,15H,2-3H2,1H3,(H,16,17)(H,18,19). The molecule has 0 aromatic heterocycles. The van der Waals surface area contributed by atoms with Crippen LogP contribution in [0.25, 0.3) is 0 Å². The molecule has 1 aromatic carbocycles. The van der Waals surface area contributed by atoms with Crippen LogP contribution in [0.2, 0.25) is 0 Å². The van der Waals surface area contributed by atoms with E-state index >= 15 is 0 Å². The van der Waals surface area contributed by atoms with Crippen LogP contribution < -0.4 is 0 Å². The van der Waals surface area contributed by atoms with Gasteiger partial charge >= 0.3 is 11.9 Å². The summed E-state index contributed by atoms with van der Waals surface area (Å²) in [5, 5.41) is 28.0. The van der Waals surface area contributed by atoms with Crippen LogP contribution in [0.15, 0.2) is 24.3 Å². The van der Waals surface area contributed by atoms with Crippen molar-refractivity contribution in [3.63, 3.8) is 0 Å². The van der Waals surface area contributed by atoms with Crippen molar-refractivity contribution in [3.05, 3.63) is 29.8 Å². The molecule has 1 atom stereocenters. The lowest BCUT2D eigenvalue weighted by Gasteiger charge is -2.30. The Kier molecular flexibility index (Phi) is 3.22. The quantitative estimate of drug-likeness (QED) is 0.707. The normalized spacial score (nSPS) is 16.9. The van der Waals surface area contributed by atoms with Gasteiger partial charge < -0.3 is 15.3 Å². The van der Waals surface area contributed by atoms with Gasteiger partial charge in [-0.25, -0.2) is 0 Å². The first kappa shape index (κ1) is 13.4. The fourth-order valence-electron chi connectivity index (χ4n) is 2.55. The summed E-state index contributed by atoms with van der Waals surface area (Å²) in [7, 11) is 0. The summed E-state index contributed by atoms with van der Waals surface area (Å²) in [5.41, 5.74) is -1.20. The monoisotopic (exact) mass is 264 g/mol. The summed E-state index contributed by atoms with van der Waals surface area (Å²) in [4.78, 5) is 22.9. The van der Waals surface area contributed by atoms with E-state index in [2.05, 4.69) is 0 Å². The van der Waals surface area contributed by atoms with E-state index < -0.39 is 23.3 Å². The van der Waals surface area contributed by atoms with Gasteiger partial charge in [0, 0.05) is 5.92 Å². The third-order valence-electron chi connectivity index (χ3n) is 3.86. The Hall–Kier alpha value is -2.04. The molecule has 5 heteroatoms. The molecule has 0 spiro atoms. The van der Waals surface area contributed by atoms with Crippen LogP contribution in [0, 0.1) is 11.3 Å². The minimum atomic E-state index is -1.85. The maximum absolute atomic E-state index is 11.4. The van der Waals surface area contributed by atoms with E-state index in [1.54, 1.807) is 12.1 Å². The molecule has 0 heterocycles. The Bertz CT molecular complexity index is 487. The van der Waals surface area contributed by atoms with Crippen molar-refractivity contribution in [2.24, 2.45) is 11.3 Å². The molecule has 1 unspecified atom stereocenters. The molecule has 3 N–H and O–H groups in total. The van der Waals surface area contributed by atoms with Crippen LogP contribution in [0.5, 0.6) is 5.75 Å². The molecule has 5 nitrogen and oxygen atoms in total. The average Bonchev–Trinajstić information content (AvgIpc) is 3.15. The van der Waals surface area contributed by atoms with E-state index in [1.165, 1.54) is 19.1 Å². The highest BCUT2D eigenvalue weighted by molar-refractivity contribution is 5.99. The molecule has 0 saturated heterocycles. The van der Waals surface area contributed by atoms with Crippen molar-refractivity contribution in [1.29, 1.82) is 0 Å². The Morgan fingerprint density at radius 2 is 1.63 bits per heavy atom. The summed E-state index contributed by atoms with van der Waals surface area (Å²) >= 11 is 0. The molecule has 0 amide bonds. The van der Waals surface area contributed by atoms with Crippen LogP contribution in [0.3, 0.4) is 0 Å². The Balaban J connectivity index is 2.47. The molecule has 102 valence electrons. The van der Waals surface area contributed by atoms with E-state index in [1.807, 2.05) is 0 Å². The SMILES string of the molecule is CC(C(=O)O)(C(=O)O)C(c1ccc(O)cc1)C1CC1. The number of aliphatic carboxylic acids is 2. The number of phenols is 1. The van der Waals surface area contributed by atoms with E-state index in [0.717, 1.165) is 12.8 Å². The zero-order valence-electron chi connectivity index (χ0n) is 10.5. The fraction of sp³-hybridized carbons (Fsp3) is 0.429. The van der Waals surface area contributed by atoms with E-state index in [4.69, 9.17) is 0 Å². The number of carboxylic acid groups (broad SMARTS) is 2. The van der Waals surface area contributed by atoms with Crippen molar-refractivity contribution in [1.82, 2.24) is 0 Å². The number of benzene rings is 1. The van der Waals surface area contributed by atoms with Crippen molar-refractivity contribution in [2.75, 3.05) is 0 Å². The number of phenolic OH excluding ortho intramolecular Hbond substituents is 1. The molecule has 19 heavy (non-hydrogen) atoms. The van der Waals surface area contributed by atoms with Gasteiger partial charge in [0.1, 0.15) is 5.75 Å². The minimum absolute atomic E-state index is 0.0711. The van der Waals surface area contributed by atoms with Gasteiger partial charge in [-0.1, -0.05) is 12.1 Å². The largest absolute Gasteiger partial charge is 0.508 e. The van der Waals surface area contributed by atoms with Crippen molar-refractivity contribution in [2.45, 2.75) is 25.7 Å². The molecule has 1 aliphatic rings. The first-order valence-corrected chi connectivity index (χ1v) is 6.13. The number of aromatic hydroxyl groups is 1. The molecule has 2 rings (SSSR count). The summed E-state index contributed by atoms with van der Waals surface area (Å²) in [6.45, 7) is 1.26. The van der Waals surface area contributed by atoms with Crippen molar-refractivity contribution >= 4 is 11.9 Å². The van der Waals surface area contributed by atoms with Crippen LogP contribution in [0.4, 0.5) is 0 Å². The molecule has 0 bridgehead atoms. The topological polar surface area (TPSA) is 94.8 Å². The summed E-state index contributed by atoms with van der Waals surface area (Å²) in [6.07, 6.45) is 1.67. The second-order valence-corrected chi connectivity index (χ2v) is 5.22. The third kappa shape index (κ3) is 2.28. The van der Waals surface area contributed by atoms with Crippen molar-refractivity contribution < 1.29 is 24.9 Å². The molecular weight excluding hydrogens is 248 g/mol. The zero-order chi connectivity index (χ0) is 14.2. The number of hydrogen-bond acceptors (Lipinski definition) is 3. The predicted octanol–water partition coefficient (Wildman–Crippen LogP) is 2.06. The Morgan fingerprint density at radius 1 is 1.16 bits per heavy atom. The lowest BCUT2D eigenvalue weighted by atomic mass is 9.70. The van der Waals surface area contributed by atoms with Crippen LogP contribution >= 0.6 is 0 Å². The van der Waals surface area contributed by atoms with Gasteiger partial charge in [-0.15, -0.1) is 0 Å². The van der Waals surface area contributed by atoms with Gasteiger partial charge in [0.15, 0.2) is 5.41 Å². The second-order valence-electron chi connectivity index (χ2n) is 5.22. The first-order valence-electron chi connectivity index (χ1n) is 6.13. The maximum atomic E-state index is 11.4. The third-order valence-corrected chi connectivity index (χ3v) is 3.86. The van der Waals surface area contributed by atoms with Gasteiger partial charge in [0.2, 0.25) is 0 Å². The zero-order valence-corrected chi connectivity index (χ0v) is 10.5. The second kappa shape index (κ2) is 4.57. The molecule has 0 aliphatic heterocycles. The maximum Gasteiger partial charge on any atom is 0.321 e. The summed E-state index contributed by atoms with van der Waals surface area (Å²) in [5.74, 6) is -3.09. The Morgan fingerprint density at radius 3 is 2.00 bits per heavy atom. The van der Waals surface area contributed by atoms with Gasteiger partial charge in [-0.3, -0.25) is 9.59 Å². The van der Waals surface area contributed by atoms with Gasteiger partial charge in [-0.2, -0.15) is 0 Å². The lowest BCUT2D eigenvalue weighted by molar-refractivity contribution is -0.165. The average molecular weight is 264 g/mol. The van der Waals surface area contributed by atoms with E-state index in [-0.39, 0.29) is 11.7 Å². The highest BCUT2D eigenvalue weighted by atomic mass is 16.4. The van der Waals surface area contributed by atoms with Crippen LogP contribution in [0.1, 0.15) is 31.2 Å². The number of carboxylic acids is 2. The molecule has 1 aliphatic carbocycles. The molecule has 1 saturated carbocycles. The smallest absolute Gasteiger partial charge is 0.321 e. The minimum Gasteiger partial charge on any atom is -0.508 e. The molecule has 0 radical (unpaired) electrons. The predicted molar refractivity (Wildman–Crippen MR) is 67.0 cm³/mol. The van der Waals surface area contributed by atoms with Gasteiger partial charge in [-0.05, 0) is 43.4 Å². The highest BCUT2D eigenvalue weighted by Crippen LogP contribution is 2.52. The van der Waals surface area contributed by atoms with Gasteiger partial charge in [0.25, 0.3) is 0 Å². The van der Waals surface area contributed by atoms with E-state index in [0.29, 0.717) is 5.56 Å². The number of hydrogen-bond donors (Lipinski definition) is 3. The fourth-order valence-corrected chi connectivity index (χ4v) is 2.55. The summed E-state index contributed by atoms with van der Waals surface area (Å²) in [6, 6.07) is 6.11. The van der Waals surface area contributed by atoms with Crippen LogP contribution in [-0.4, -0.2) is 27.3 Å². The number of rotatable bonds is 5. The molecule has 1 fully saturated rings. The van der Waals surface area contributed by atoms with Crippen LogP contribution in [-0.2, 0) is 9.59 Å². The van der Waals surface area contributed by atoms with Gasteiger partial charge in [0.05, 0.1) is 0 Å². The first-order chi connectivity index (χ1) is 8.87.